The maximum Gasteiger partial charge on any atom is 0.265 e. The monoisotopic (exact) mass is 365 g/mol. The largest absolute Gasteiger partial charge is 0.481 e. The van der Waals surface area contributed by atoms with E-state index in [0.29, 0.717) is 21.5 Å². The first-order chi connectivity index (χ1) is 11.2. The van der Waals surface area contributed by atoms with Gasteiger partial charge in [0.15, 0.2) is 6.10 Å². The lowest BCUT2D eigenvalue weighted by atomic mass is 9.86. The second kappa shape index (κ2) is 7.45. The molecule has 0 radical (unpaired) electrons. The van der Waals surface area contributed by atoms with Crippen LogP contribution in [0.4, 0.5) is 5.69 Å². The number of para-hydroxylation sites is 1. The molecule has 0 saturated carbocycles. The molecule has 1 N–H and O–H groups in total. The highest BCUT2D eigenvalue weighted by atomic mass is 35.5. The third-order valence-corrected chi connectivity index (χ3v) is 3.93. The van der Waals surface area contributed by atoms with Crippen LogP contribution in [-0.2, 0) is 10.2 Å². The molecule has 2 aromatic carbocycles. The van der Waals surface area contributed by atoms with Crippen LogP contribution < -0.4 is 10.1 Å². The standard InChI is InChI=1S/C19H21Cl2NO2/c1-12(18(23)22-15-10-13(20)9-14(21)11-15)24-17-8-6-5-7-16(17)19(2,3)4/h5-12H,1-4H3,(H,22,23). The number of anilines is 1. The van der Waals surface area contributed by atoms with Gasteiger partial charge in [-0.1, -0.05) is 62.2 Å². The van der Waals surface area contributed by atoms with Crippen LogP contribution in [-0.4, -0.2) is 12.0 Å². The number of benzene rings is 2. The third kappa shape index (κ3) is 4.89. The highest BCUT2D eigenvalue weighted by Crippen LogP contribution is 2.31. The number of carbonyl (C=O) groups excluding carboxylic acids is 1. The highest BCUT2D eigenvalue weighted by Gasteiger charge is 2.22. The summed E-state index contributed by atoms with van der Waals surface area (Å²) in [6, 6.07) is 12.6. The quantitative estimate of drug-likeness (QED) is 0.754. The van der Waals surface area contributed by atoms with Crippen LogP contribution in [0.15, 0.2) is 42.5 Å². The van der Waals surface area contributed by atoms with Crippen molar-refractivity contribution in [2.24, 2.45) is 0 Å². The first-order valence-electron chi connectivity index (χ1n) is 7.70. The van der Waals surface area contributed by atoms with Gasteiger partial charge >= 0.3 is 0 Å². The van der Waals surface area contributed by atoms with Gasteiger partial charge in [-0.3, -0.25) is 4.79 Å². The Kier molecular flexibility index (Phi) is 5.79. The number of ether oxygens (including phenoxy) is 1. The van der Waals surface area contributed by atoms with Crippen LogP contribution >= 0.6 is 23.2 Å². The second-order valence-electron chi connectivity index (χ2n) is 6.65. The summed E-state index contributed by atoms with van der Waals surface area (Å²) in [7, 11) is 0. The van der Waals surface area contributed by atoms with Gasteiger partial charge in [0.1, 0.15) is 5.75 Å². The van der Waals surface area contributed by atoms with E-state index in [-0.39, 0.29) is 11.3 Å². The average molecular weight is 366 g/mol. The van der Waals surface area contributed by atoms with Crippen LogP contribution in [0, 0.1) is 0 Å². The van der Waals surface area contributed by atoms with Gasteiger partial charge in [-0.25, -0.2) is 0 Å². The molecule has 0 saturated heterocycles. The first kappa shape index (κ1) is 18.6. The van der Waals surface area contributed by atoms with Crippen molar-refractivity contribution in [2.75, 3.05) is 5.32 Å². The number of hydrogen-bond acceptors (Lipinski definition) is 2. The second-order valence-corrected chi connectivity index (χ2v) is 7.53. The molecular formula is C19H21Cl2NO2. The Bertz CT molecular complexity index is 718. The van der Waals surface area contributed by atoms with E-state index in [1.807, 2.05) is 24.3 Å². The minimum absolute atomic E-state index is 0.0761. The molecule has 2 aromatic rings. The van der Waals surface area contributed by atoms with E-state index in [9.17, 15) is 4.79 Å². The van der Waals surface area contributed by atoms with Gasteiger partial charge in [0.2, 0.25) is 0 Å². The SMILES string of the molecule is CC(Oc1ccccc1C(C)(C)C)C(=O)Nc1cc(Cl)cc(Cl)c1. The molecule has 1 amide bonds. The van der Waals surface area contributed by atoms with E-state index in [4.69, 9.17) is 27.9 Å². The van der Waals surface area contributed by atoms with E-state index in [1.54, 1.807) is 25.1 Å². The molecule has 3 nitrogen and oxygen atoms in total. The van der Waals surface area contributed by atoms with Crippen LogP contribution in [0.5, 0.6) is 5.75 Å². The van der Waals surface area contributed by atoms with E-state index >= 15 is 0 Å². The summed E-state index contributed by atoms with van der Waals surface area (Å²) in [5.41, 5.74) is 1.51. The topological polar surface area (TPSA) is 38.3 Å². The summed E-state index contributed by atoms with van der Waals surface area (Å²) in [4.78, 5) is 12.4. The minimum atomic E-state index is -0.661. The summed E-state index contributed by atoms with van der Waals surface area (Å²) in [6.07, 6.45) is -0.661. The molecule has 0 bridgehead atoms. The molecule has 128 valence electrons. The Morgan fingerprint density at radius 1 is 1.08 bits per heavy atom. The Labute approximate surface area is 152 Å². The molecule has 2 rings (SSSR count). The van der Waals surface area contributed by atoms with Gasteiger partial charge in [-0.2, -0.15) is 0 Å². The van der Waals surface area contributed by atoms with Crippen molar-refractivity contribution in [2.45, 2.75) is 39.2 Å². The lowest BCUT2D eigenvalue weighted by molar-refractivity contribution is -0.122. The Morgan fingerprint density at radius 3 is 2.25 bits per heavy atom. The molecule has 5 heteroatoms. The summed E-state index contributed by atoms with van der Waals surface area (Å²) < 4.78 is 5.89. The normalized spacial score (nSPS) is 12.6. The molecule has 24 heavy (non-hydrogen) atoms. The van der Waals surface area contributed by atoms with Crippen LogP contribution in [0.2, 0.25) is 10.0 Å². The molecular weight excluding hydrogens is 345 g/mol. The molecule has 0 fully saturated rings. The number of nitrogens with one attached hydrogen (secondary N) is 1. The zero-order valence-electron chi connectivity index (χ0n) is 14.2. The fourth-order valence-corrected chi connectivity index (χ4v) is 2.83. The van der Waals surface area contributed by atoms with E-state index in [2.05, 4.69) is 26.1 Å². The van der Waals surface area contributed by atoms with Gasteiger partial charge in [-0.05, 0) is 42.2 Å². The van der Waals surface area contributed by atoms with Gasteiger partial charge in [-0.15, -0.1) is 0 Å². The van der Waals surface area contributed by atoms with Crippen molar-refractivity contribution in [3.05, 3.63) is 58.1 Å². The van der Waals surface area contributed by atoms with Crippen molar-refractivity contribution in [1.29, 1.82) is 0 Å². The Balaban J connectivity index is 2.12. The summed E-state index contributed by atoms with van der Waals surface area (Å²) in [5, 5.41) is 3.69. The fraction of sp³-hybridized carbons (Fsp3) is 0.316. The van der Waals surface area contributed by atoms with Crippen LogP contribution in [0.1, 0.15) is 33.3 Å². The van der Waals surface area contributed by atoms with Crippen molar-refractivity contribution in [1.82, 2.24) is 0 Å². The first-order valence-corrected chi connectivity index (χ1v) is 8.45. The van der Waals surface area contributed by atoms with Crippen molar-refractivity contribution in [3.8, 4) is 5.75 Å². The molecule has 0 aliphatic carbocycles. The minimum Gasteiger partial charge on any atom is -0.481 e. The van der Waals surface area contributed by atoms with Crippen molar-refractivity contribution >= 4 is 34.8 Å². The van der Waals surface area contributed by atoms with E-state index in [1.165, 1.54) is 0 Å². The highest BCUT2D eigenvalue weighted by molar-refractivity contribution is 6.35. The smallest absolute Gasteiger partial charge is 0.265 e. The van der Waals surface area contributed by atoms with E-state index < -0.39 is 6.10 Å². The number of halogens is 2. The van der Waals surface area contributed by atoms with Crippen molar-refractivity contribution in [3.63, 3.8) is 0 Å². The zero-order valence-corrected chi connectivity index (χ0v) is 15.7. The fourth-order valence-electron chi connectivity index (χ4n) is 2.30. The lowest BCUT2D eigenvalue weighted by Gasteiger charge is -2.24. The Morgan fingerprint density at radius 2 is 1.67 bits per heavy atom. The number of amides is 1. The summed E-state index contributed by atoms with van der Waals surface area (Å²) in [6.45, 7) is 8.02. The summed E-state index contributed by atoms with van der Waals surface area (Å²) >= 11 is 11.9. The predicted octanol–water partition coefficient (Wildman–Crippen LogP) is 5.70. The maximum atomic E-state index is 12.4. The summed E-state index contributed by atoms with van der Waals surface area (Å²) in [5.74, 6) is 0.439. The lowest BCUT2D eigenvalue weighted by Crippen LogP contribution is -2.31. The van der Waals surface area contributed by atoms with Gasteiger partial charge in [0.05, 0.1) is 0 Å². The van der Waals surface area contributed by atoms with Gasteiger partial charge < -0.3 is 10.1 Å². The zero-order chi connectivity index (χ0) is 17.9. The maximum absolute atomic E-state index is 12.4. The molecule has 0 aliphatic rings. The number of carbonyl (C=O) groups is 1. The van der Waals surface area contributed by atoms with Crippen LogP contribution in [0.3, 0.4) is 0 Å². The molecule has 0 aromatic heterocycles. The Hall–Kier alpha value is -1.71. The third-order valence-electron chi connectivity index (χ3n) is 3.50. The van der Waals surface area contributed by atoms with Gasteiger partial charge in [0.25, 0.3) is 5.91 Å². The van der Waals surface area contributed by atoms with E-state index in [0.717, 1.165) is 5.56 Å². The van der Waals surface area contributed by atoms with Crippen molar-refractivity contribution < 1.29 is 9.53 Å². The number of rotatable bonds is 4. The van der Waals surface area contributed by atoms with Crippen LogP contribution in [0.25, 0.3) is 0 Å². The van der Waals surface area contributed by atoms with Gasteiger partial charge in [0, 0.05) is 15.7 Å². The number of hydrogen-bond donors (Lipinski definition) is 1. The molecule has 1 unspecified atom stereocenters. The predicted molar refractivity (Wildman–Crippen MR) is 100 cm³/mol. The molecule has 1 atom stereocenters. The molecule has 0 spiro atoms. The molecule has 0 aliphatic heterocycles. The average Bonchev–Trinajstić information content (AvgIpc) is 2.45. The molecule has 0 heterocycles.